The first-order chi connectivity index (χ1) is 10.1. The molecule has 0 unspecified atom stereocenters. The number of anilines is 1. The lowest BCUT2D eigenvalue weighted by atomic mass is 10.2. The van der Waals surface area contributed by atoms with Crippen molar-refractivity contribution in [3.63, 3.8) is 0 Å². The average molecular weight is 285 g/mol. The minimum absolute atomic E-state index is 0.0159. The van der Waals surface area contributed by atoms with Crippen molar-refractivity contribution in [2.45, 2.75) is 0 Å². The fourth-order valence-corrected chi connectivity index (χ4v) is 1.59. The van der Waals surface area contributed by atoms with Crippen LogP contribution in [-0.4, -0.2) is 23.1 Å². The van der Waals surface area contributed by atoms with E-state index in [0.29, 0.717) is 0 Å². The average Bonchev–Trinajstić information content (AvgIpc) is 2.48. The quantitative estimate of drug-likeness (QED) is 0.668. The number of amides is 1. The lowest BCUT2D eigenvalue weighted by molar-refractivity contribution is 0.0642. The molecule has 0 aliphatic carbocycles. The second-order valence-corrected chi connectivity index (χ2v) is 4.05. The molecule has 0 aliphatic heterocycles. The number of carboxylic acid groups (broad SMARTS) is 1. The first-order valence-electron chi connectivity index (χ1n) is 5.98. The third-order valence-electron chi connectivity index (χ3n) is 2.55. The van der Waals surface area contributed by atoms with Crippen molar-refractivity contribution in [1.82, 2.24) is 0 Å². The van der Waals surface area contributed by atoms with Gasteiger partial charge in [-0.2, -0.15) is 0 Å². The Morgan fingerprint density at radius 3 is 2.24 bits per heavy atom. The van der Waals surface area contributed by atoms with Crippen molar-refractivity contribution in [3.05, 3.63) is 65.7 Å². The minimum atomic E-state index is -1.12. The van der Waals surface area contributed by atoms with Crippen LogP contribution in [0.4, 0.5) is 10.5 Å². The molecule has 0 bridgehead atoms. The van der Waals surface area contributed by atoms with Crippen molar-refractivity contribution >= 4 is 23.7 Å². The van der Waals surface area contributed by atoms with Crippen LogP contribution in [0.15, 0.2) is 54.6 Å². The van der Waals surface area contributed by atoms with Crippen LogP contribution in [-0.2, 0) is 4.74 Å². The normalized spacial score (nSPS) is 9.71. The van der Waals surface area contributed by atoms with E-state index in [-0.39, 0.29) is 16.8 Å². The molecule has 6 heteroatoms. The van der Waals surface area contributed by atoms with Gasteiger partial charge in [-0.3, -0.25) is 5.32 Å². The van der Waals surface area contributed by atoms with Crippen LogP contribution in [0.5, 0.6) is 0 Å². The van der Waals surface area contributed by atoms with Gasteiger partial charge in [-0.1, -0.05) is 24.3 Å². The van der Waals surface area contributed by atoms with Crippen molar-refractivity contribution in [1.29, 1.82) is 0 Å². The van der Waals surface area contributed by atoms with E-state index in [2.05, 4.69) is 10.1 Å². The Labute approximate surface area is 120 Å². The molecule has 0 spiro atoms. The van der Waals surface area contributed by atoms with Gasteiger partial charge in [0.25, 0.3) is 0 Å². The summed E-state index contributed by atoms with van der Waals surface area (Å²) in [6.45, 7) is 0. The summed E-state index contributed by atoms with van der Waals surface area (Å²) < 4.78 is 4.60. The van der Waals surface area contributed by atoms with Gasteiger partial charge in [-0.25, -0.2) is 14.4 Å². The van der Waals surface area contributed by atoms with Gasteiger partial charge in [0.1, 0.15) is 0 Å². The fourth-order valence-electron chi connectivity index (χ4n) is 1.59. The molecule has 0 fully saturated rings. The number of esters is 1. The number of aromatic carboxylic acids is 1. The molecule has 0 atom stereocenters. The Kier molecular flexibility index (Phi) is 4.30. The predicted molar refractivity (Wildman–Crippen MR) is 74.3 cm³/mol. The van der Waals surface area contributed by atoms with Crippen LogP contribution in [0, 0.1) is 0 Å². The maximum Gasteiger partial charge on any atom is 0.419 e. The zero-order chi connectivity index (χ0) is 15.2. The van der Waals surface area contributed by atoms with Crippen LogP contribution in [0.2, 0.25) is 0 Å². The van der Waals surface area contributed by atoms with Crippen molar-refractivity contribution < 1.29 is 24.2 Å². The number of rotatable bonds is 3. The molecule has 0 radical (unpaired) electrons. The Morgan fingerprint density at radius 1 is 0.905 bits per heavy atom. The number of ether oxygens (including phenoxy) is 1. The summed E-state index contributed by atoms with van der Waals surface area (Å²) in [6.07, 6.45) is -0.980. The van der Waals surface area contributed by atoms with Gasteiger partial charge < -0.3 is 9.84 Å². The summed E-state index contributed by atoms with van der Waals surface area (Å²) in [7, 11) is 0. The largest absolute Gasteiger partial charge is 0.478 e. The van der Waals surface area contributed by atoms with Gasteiger partial charge in [-0.05, 0) is 30.3 Å². The van der Waals surface area contributed by atoms with E-state index in [4.69, 9.17) is 5.11 Å². The fraction of sp³-hybridized carbons (Fsp3) is 0. The summed E-state index contributed by atoms with van der Waals surface area (Å²) >= 11 is 0. The molecule has 0 heterocycles. The molecule has 6 nitrogen and oxygen atoms in total. The number of hydrogen-bond donors (Lipinski definition) is 2. The van der Waals surface area contributed by atoms with Crippen LogP contribution < -0.4 is 5.32 Å². The van der Waals surface area contributed by atoms with Gasteiger partial charge in [-0.15, -0.1) is 0 Å². The molecular weight excluding hydrogens is 274 g/mol. The summed E-state index contributed by atoms with van der Waals surface area (Å²) in [5.41, 5.74) is 0.481. The van der Waals surface area contributed by atoms with Crippen LogP contribution in [0.3, 0.4) is 0 Å². The van der Waals surface area contributed by atoms with Crippen molar-refractivity contribution in [2.24, 2.45) is 0 Å². The van der Waals surface area contributed by atoms with Crippen LogP contribution in [0.1, 0.15) is 20.7 Å². The van der Waals surface area contributed by atoms with Crippen molar-refractivity contribution in [2.75, 3.05) is 5.32 Å². The Morgan fingerprint density at radius 2 is 1.57 bits per heavy atom. The van der Waals surface area contributed by atoms with E-state index in [0.717, 1.165) is 0 Å². The predicted octanol–water partition coefficient (Wildman–Crippen LogP) is 2.77. The third-order valence-corrected chi connectivity index (χ3v) is 2.55. The highest BCUT2D eigenvalue weighted by Gasteiger charge is 2.13. The Balaban J connectivity index is 2.00. The second kappa shape index (κ2) is 6.33. The smallest absolute Gasteiger partial charge is 0.419 e. The highest BCUT2D eigenvalue weighted by atomic mass is 16.6. The number of nitrogens with one attached hydrogen (secondary N) is 1. The first kappa shape index (κ1) is 14.3. The van der Waals surface area contributed by atoms with Gasteiger partial charge in [0.05, 0.1) is 11.1 Å². The lowest BCUT2D eigenvalue weighted by Crippen LogP contribution is -2.18. The van der Waals surface area contributed by atoms with Gasteiger partial charge >= 0.3 is 18.0 Å². The maximum absolute atomic E-state index is 11.6. The van der Waals surface area contributed by atoms with E-state index >= 15 is 0 Å². The zero-order valence-corrected chi connectivity index (χ0v) is 10.8. The van der Waals surface area contributed by atoms with Gasteiger partial charge in [0.2, 0.25) is 0 Å². The molecule has 0 saturated carbocycles. The second-order valence-electron chi connectivity index (χ2n) is 4.05. The third kappa shape index (κ3) is 3.90. The van der Waals surface area contributed by atoms with Crippen LogP contribution in [0.25, 0.3) is 0 Å². The molecule has 0 saturated heterocycles. The molecule has 21 heavy (non-hydrogen) atoms. The van der Waals surface area contributed by atoms with E-state index in [9.17, 15) is 14.4 Å². The Hall–Kier alpha value is -3.15. The molecule has 2 aromatic carbocycles. The van der Waals surface area contributed by atoms with Gasteiger partial charge in [0.15, 0.2) is 0 Å². The molecular formula is C15H11NO5. The standard InChI is InChI=1S/C15H11NO5/c17-13(18)11-7-4-8-12(9-11)16-15(20)21-14(19)10-5-2-1-3-6-10/h1-9H,(H,16,20)(H,17,18). The highest BCUT2D eigenvalue weighted by molar-refractivity contribution is 6.00. The summed E-state index contributed by atoms with van der Waals surface area (Å²) in [6, 6.07) is 13.6. The molecule has 2 rings (SSSR count). The molecule has 106 valence electrons. The minimum Gasteiger partial charge on any atom is -0.478 e. The van der Waals surface area contributed by atoms with E-state index in [1.54, 1.807) is 18.2 Å². The number of hydrogen-bond acceptors (Lipinski definition) is 4. The summed E-state index contributed by atoms with van der Waals surface area (Å²) in [4.78, 5) is 34.0. The van der Waals surface area contributed by atoms with E-state index < -0.39 is 18.0 Å². The topological polar surface area (TPSA) is 92.7 Å². The molecule has 1 amide bonds. The number of carboxylic acids is 1. The summed E-state index contributed by atoms with van der Waals surface area (Å²) in [5.74, 6) is -1.91. The monoisotopic (exact) mass is 285 g/mol. The van der Waals surface area contributed by atoms with E-state index in [1.165, 1.54) is 36.4 Å². The van der Waals surface area contributed by atoms with E-state index in [1.807, 2.05) is 0 Å². The molecule has 0 aromatic heterocycles. The number of carbonyl (C=O) groups is 3. The number of carbonyl (C=O) groups excluding carboxylic acids is 2. The molecule has 2 aromatic rings. The van der Waals surface area contributed by atoms with Crippen LogP contribution >= 0.6 is 0 Å². The maximum atomic E-state index is 11.6. The molecule has 0 aliphatic rings. The highest BCUT2D eigenvalue weighted by Crippen LogP contribution is 2.11. The zero-order valence-electron chi connectivity index (χ0n) is 10.8. The SMILES string of the molecule is O=C(Nc1cccc(C(=O)O)c1)OC(=O)c1ccccc1. The Bertz CT molecular complexity index is 681. The first-order valence-corrected chi connectivity index (χ1v) is 5.98. The van der Waals surface area contributed by atoms with Gasteiger partial charge in [0, 0.05) is 5.69 Å². The molecule has 2 N–H and O–H groups in total. The van der Waals surface area contributed by atoms with Crippen molar-refractivity contribution in [3.8, 4) is 0 Å². The summed E-state index contributed by atoms with van der Waals surface area (Å²) in [5, 5.41) is 11.1. The number of benzene rings is 2. The lowest BCUT2D eigenvalue weighted by Gasteiger charge is -2.06.